The second-order valence-corrected chi connectivity index (χ2v) is 4.12. The van der Waals surface area contributed by atoms with Gasteiger partial charge in [0.05, 0.1) is 12.6 Å². The maximum absolute atomic E-state index is 5.85. The molecule has 0 spiro atoms. The Hall–Kier alpha value is -0.560. The summed E-state index contributed by atoms with van der Waals surface area (Å²) in [5.74, 6) is 3.10. The van der Waals surface area contributed by atoms with Gasteiger partial charge in [0.2, 0.25) is 0 Å². The summed E-state index contributed by atoms with van der Waals surface area (Å²) in [6.07, 6.45) is 6.30. The lowest BCUT2D eigenvalue weighted by molar-refractivity contribution is -0.00471. The van der Waals surface area contributed by atoms with E-state index in [4.69, 9.17) is 16.9 Å². The summed E-state index contributed by atoms with van der Waals surface area (Å²) in [7, 11) is 0. The number of ether oxygens (including phenoxy) is 1. The van der Waals surface area contributed by atoms with Crippen molar-refractivity contribution in [2.75, 3.05) is 19.8 Å². The van der Waals surface area contributed by atoms with Gasteiger partial charge >= 0.3 is 0 Å². The van der Waals surface area contributed by atoms with Gasteiger partial charge in [0, 0.05) is 18.7 Å². The molecular formula is C11H20N2O. The number of rotatable bonds is 3. The van der Waals surface area contributed by atoms with Crippen molar-refractivity contribution in [3.63, 3.8) is 0 Å². The zero-order valence-corrected chi connectivity index (χ0v) is 9.05. The molecule has 0 aromatic heterocycles. The van der Waals surface area contributed by atoms with E-state index in [1.54, 1.807) is 0 Å². The Balaban J connectivity index is 2.68. The van der Waals surface area contributed by atoms with Gasteiger partial charge in [-0.05, 0) is 19.3 Å². The summed E-state index contributed by atoms with van der Waals surface area (Å²) in [4.78, 5) is 0. The van der Waals surface area contributed by atoms with Crippen LogP contribution in [0.5, 0.6) is 0 Å². The Morgan fingerprint density at radius 1 is 1.79 bits per heavy atom. The van der Waals surface area contributed by atoms with Crippen molar-refractivity contribution in [2.24, 2.45) is 11.7 Å². The van der Waals surface area contributed by atoms with Gasteiger partial charge in [0.1, 0.15) is 0 Å². The van der Waals surface area contributed by atoms with Gasteiger partial charge in [-0.2, -0.15) is 0 Å². The molecular weight excluding hydrogens is 176 g/mol. The molecule has 1 saturated heterocycles. The summed E-state index contributed by atoms with van der Waals surface area (Å²) >= 11 is 0. The summed E-state index contributed by atoms with van der Waals surface area (Å²) in [6.45, 7) is 6.29. The Morgan fingerprint density at radius 3 is 3.00 bits per heavy atom. The molecule has 0 saturated carbocycles. The molecule has 0 amide bonds. The summed E-state index contributed by atoms with van der Waals surface area (Å²) in [6, 6.07) is 0.0686. The third kappa shape index (κ3) is 2.27. The monoisotopic (exact) mass is 196 g/mol. The standard InChI is InChI=1S/C11H20N2O/c1-4-10(3)13-11(8-12)5-6-14-7-9(11)2/h1,9-10,13H,5-8,12H2,2-3H3. The highest BCUT2D eigenvalue weighted by Crippen LogP contribution is 2.25. The number of nitrogens with one attached hydrogen (secondary N) is 1. The predicted molar refractivity (Wildman–Crippen MR) is 57.8 cm³/mol. The second-order valence-electron chi connectivity index (χ2n) is 4.12. The van der Waals surface area contributed by atoms with Crippen LogP contribution in [0.1, 0.15) is 20.3 Å². The molecule has 0 aliphatic carbocycles. The molecule has 1 rings (SSSR count). The van der Waals surface area contributed by atoms with Crippen molar-refractivity contribution < 1.29 is 4.74 Å². The van der Waals surface area contributed by atoms with Crippen LogP contribution in [0.4, 0.5) is 0 Å². The quantitative estimate of drug-likeness (QED) is 0.640. The molecule has 3 heteroatoms. The van der Waals surface area contributed by atoms with Crippen LogP contribution in [0.3, 0.4) is 0 Å². The molecule has 3 N–H and O–H groups in total. The van der Waals surface area contributed by atoms with Crippen LogP contribution < -0.4 is 11.1 Å². The molecule has 3 unspecified atom stereocenters. The first-order valence-corrected chi connectivity index (χ1v) is 5.16. The largest absolute Gasteiger partial charge is 0.381 e. The van der Waals surface area contributed by atoms with Crippen LogP contribution in [0.25, 0.3) is 0 Å². The fraction of sp³-hybridized carbons (Fsp3) is 0.818. The number of terminal acetylenes is 1. The number of nitrogens with two attached hydrogens (primary N) is 1. The van der Waals surface area contributed by atoms with Crippen LogP contribution in [-0.4, -0.2) is 31.3 Å². The van der Waals surface area contributed by atoms with Gasteiger partial charge in [-0.25, -0.2) is 0 Å². The van der Waals surface area contributed by atoms with Crippen molar-refractivity contribution in [2.45, 2.75) is 31.8 Å². The Labute approximate surface area is 86.4 Å². The van der Waals surface area contributed by atoms with Crippen molar-refractivity contribution in [1.29, 1.82) is 0 Å². The third-order valence-electron chi connectivity index (χ3n) is 3.12. The van der Waals surface area contributed by atoms with Crippen LogP contribution in [0.15, 0.2) is 0 Å². The molecule has 1 fully saturated rings. The van der Waals surface area contributed by atoms with E-state index in [0.29, 0.717) is 12.5 Å². The number of hydrogen-bond acceptors (Lipinski definition) is 3. The van der Waals surface area contributed by atoms with E-state index in [-0.39, 0.29) is 11.6 Å². The van der Waals surface area contributed by atoms with Gasteiger partial charge in [-0.15, -0.1) is 6.42 Å². The van der Waals surface area contributed by atoms with E-state index >= 15 is 0 Å². The molecule has 0 aromatic carbocycles. The lowest BCUT2D eigenvalue weighted by Crippen LogP contribution is -2.61. The van der Waals surface area contributed by atoms with E-state index in [2.05, 4.69) is 18.2 Å². The molecule has 3 atom stereocenters. The topological polar surface area (TPSA) is 47.3 Å². The van der Waals surface area contributed by atoms with Gasteiger partial charge < -0.3 is 10.5 Å². The predicted octanol–water partition coefficient (Wildman–Crippen LogP) is 0.352. The number of hydrogen-bond donors (Lipinski definition) is 2. The lowest BCUT2D eigenvalue weighted by Gasteiger charge is -2.43. The third-order valence-corrected chi connectivity index (χ3v) is 3.12. The molecule has 0 aromatic rings. The molecule has 1 heterocycles. The van der Waals surface area contributed by atoms with Crippen LogP contribution in [-0.2, 0) is 4.74 Å². The molecule has 3 nitrogen and oxygen atoms in total. The van der Waals surface area contributed by atoms with E-state index < -0.39 is 0 Å². The zero-order chi connectivity index (χ0) is 10.6. The first-order valence-electron chi connectivity index (χ1n) is 5.16. The summed E-state index contributed by atoms with van der Waals surface area (Å²) in [5.41, 5.74) is 5.81. The highest BCUT2D eigenvalue weighted by Gasteiger charge is 2.38. The molecule has 0 radical (unpaired) electrons. The van der Waals surface area contributed by atoms with Crippen molar-refractivity contribution in [3.8, 4) is 12.3 Å². The van der Waals surface area contributed by atoms with Gasteiger partial charge in [-0.1, -0.05) is 12.8 Å². The first-order chi connectivity index (χ1) is 6.64. The van der Waals surface area contributed by atoms with Gasteiger partial charge in [0.15, 0.2) is 0 Å². The van der Waals surface area contributed by atoms with E-state index in [0.717, 1.165) is 19.6 Å². The normalized spacial score (nSPS) is 34.9. The minimum atomic E-state index is -0.0377. The highest BCUT2D eigenvalue weighted by molar-refractivity contribution is 5.04. The van der Waals surface area contributed by atoms with E-state index in [1.165, 1.54) is 0 Å². The first kappa shape index (κ1) is 11.5. The van der Waals surface area contributed by atoms with Crippen LogP contribution in [0.2, 0.25) is 0 Å². The molecule has 80 valence electrons. The Morgan fingerprint density at radius 2 is 2.50 bits per heavy atom. The summed E-state index contributed by atoms with van der Waals surface area (Å²) in [5, 5.41) is 3.44. The average molecular weight is 196 g/mol. The van der Waals surface area contributed by atoms with Gasteiger partial charge in [0.25, 0.3) is 0 Å². The maximum Gasteiger partial charge on any atom is 0.0663 e. The summed E-state index contributed by atoms with van der Waals surface area (Å²) < 4.78 is 5.41. The molecule has 1 aliphatic rings. The maximum atomic E-state index is 5.85. The Bertz CT molecular complexity index is 224. The van der Waals surface area contributed by atoms with E-state index in [9.17, 15) is 0 Å². The second kappa shape index (κ2) is 4.79. The van der Waals surface area contributed by atoms with E-state index in [1.807, 2.05) is 6.92 Å². The highest BCUT2D eigenvalue weighted by atomic mass is 16.5. The fourth-order valence-corrected chi connectivity index (χ4v) is 1.97. The van der Waals surface area contributed by atoms with Crippen molar-refractivity contribution in [1.82, 2.24) is 5.32 Å². The zero-order valence-electron chi connectivity index (χ0n) is 9.05. The fourth-order valence-electron chi connectivity index (χ4n) is 1.97. The van der Waals surface area contributed by atoms with Gasteiger partial charge in [-0.3, -0.25) is 5.32 Å². The minimum Gasteiger partial charge on any atom is -0.381 e. The molecule has 0 bridgehead atoms. The lowest BCUT2D eigenvalue weighted by atomic mass is 9.80. The average Bonchev–Trinajstić information content (AvgIpc) is 2.21. The molecule has 14 heavy (non-hydrogen) atoms. The minimum absolute atomic E-state index is 0.0377. The van der Waals surface area contributed by atoms with Crippen molar-refractivity contribution in [3.05, 3.63) is 0 Å². The Kier molecular flexibility index (Phi) is 3.94. The molecule has 1 aliphatic heterocycles. The smallest absolute Gasteiger partial charge is 0.0663 e. The van der Waals surface area contributed by atoms with Crippen molar-refractivity contribution >= 4 is 0 Å². The van der Waals surface area contributed by atoms with Crippen LogP contribution >= 0.6 is 0 Å². The van der Waals surface area contributed by atoms with Crippen LogP contribution in [0, 0.1) is 18.3 Å². The SMILES string of the molecule is C#CC(C)NC1(CN)CCOCC1C.